The third-order valence-electron chi connectivity index (χ3n) is 2.66. The minimum atomic E-state index is -4.29. The maximum absolute atomic E-state index is 11.6. The van der Waals surface area contributed by atoms with E-state index in [4.69, 9.17) is 15.5 Å². The van der Waals surface area contributed by atoms with Crippen LogP contribution < -0.4 is 11.3 Å². The minimum Gasteiger partial charge on any atom is -0.389 e. The molecule has 0 saturated heterocycles. The lowest BCUT2D eigenvalue weighted by molar-refractivity contribution is 0.206. The van der Waals surface area contributed by atoms with Crippen molar-refractivity contribution >= 4 is 24.7 Å². The zero-order chi connectivity index (χ0) is 15.6. The number of imidazole rings is 1. The summed E-state index contributed by atoms with van der Waals surface area (Å²) in [6, 6.07) is 0. The quantitative estimate of drug-likeness (QED) is 0.444. The Kier molecular flexibility index (Phi) is 4.24. The predicted molar refractivity (Wildman–Crippen MR) is 74.4 cm³/mol. The highest BCUT2D eigenvalue weighted by Crippen LogP contribution is 2.36. The first-order valence-electron chi connectivity index (χ1n) is 5.89. The normalized spacial score (nSPS) is 14.0. The number of aromatic nitrogens is 4. The van der Waals surface area contributed by atoms with Gasteiger partial charge in [0.2, 0.25) is 5.95 Å². The van der Waals surface area contributed by atoms with Crippen molar-refractivity contribution in [3.8, 4) is 0 Å². The van der Waals surface area contributed by atoms with E-state index >= 15 is 0 Å². The van der Waals surface area contributed by atoms with Gasteiger partial charge >= 0.3 is 7.60 Å². The van der Waals surface area contributed by atoms with Crippen LogP contribution >= 0.6 is 7.60 Å². The van der Waals surface area contributed by atoms with Gasteiger partial charge in [0.1, 0.15) is 0 Å². The number of rotatable bonds is 5. The van der Waals surface area contributed by atoms with Crippen molar-refractivity contribution < 1.29 is 19.5 Å². The van der Waals surface area contributed by atoms with Crippen LogP contribution in [0, 0.1) is 0 Å². The molecule has 0 radical (unpaired) electrons. The number of hydrogen-bond acceptors (Lipinski definition) is 6. The number of anilines is 1. The molecular formula is C10H14N5O5P. The van der Waals surface area contributed by atoms with E-state index in [9.17, 15) is 14.5 Å². The average Bonchev–Trinajstić information content (AvgIpc) is 2.76. The first-order valence-corrected chi connectivity index (χ1v) is 7.58. The summed E-state index contributed by atoms with van der Waals surface area (Å²) in [5.41, 5.74) is 5.40. The van der Waals surface area contributed by atoms with Crippen LogP contribution in [-0.2, 0) is 11.1 Å². The number of nitrogen functional groups attached to an aromatic ring is 1. The van der Waals surface area contributed by atoms with Crippen molar-refractivity contribution in [1.82, 2.24) is 19.5 Å². The SMILES string of the molecule is Nc1nc2c(ncn2CC[C@@H](O)/C=C/P(=O)(O)O)c(=O)[nH]1. The average molecular weight is 315 g/mol. The highest BCUT2D eigenvalue weighted by molar-refractivity contribution is 7.55. The summed E-state index contributed by atoms with van der Waals surface area (Å²) in [6.07, 6.45) is 1.52. The number of aromatic amines is 1. The maximum atomic E-state index is 11.6. The molecule has 114 valence electrons. The van der Waals surface area contributed by atoms with Crippen molar-refractivity contribution in [2.45, 2.75) is 19.1 Å². The number of nitrogens with zero attached hydrogens (tertiary/aromatic N) is 3. The molecule has 0 amide bonds. The van der Waals surface area contributed by atoms with Gasteiger partial charge in [-0.05, 0) is 12.5 Å². The van der Waals surface area contributed by atoms with Gasteiger partial charge in [-0.3, -0.25) is 14.3 Å². The Morgan fingerprint density at radius 3 is 2.90 bits per heavy atom. The molecule has 2 rings (SSSR count). The largest absolute Gasteiger partial charge is 0.389 e. The van der Waals surface area contributed by atoms with E-state index in [1.165, 1.54) is 10.9 Å². The molecule has 0 spiro atoms. The van der Waals surface area contributed by atoms with Gasteiger partial charge in [-0.1, -0.05) is 0 Å². The van der Waals surface area contributed by atoms with Crippen molar-refractivity contribution in [2.75, 3.05) is 5.73 Å². The number of nitrogens with two attached hydrogens (primary N) is 1. The van der Waals surface area contributed by atoms with Crippen LogP contribution in [0.25, 0.3) is 11.2 Å². The second kappa shape index (κ2) is 5.78. The lowest BCUT2D eigenvalue weighted by Crippen LogP contribution is -2.13. The van der Waals surface area contributed by atoms with Gasteiger partial charge in [-0.15, -0.1) is 0 Å². The fourth-order valence-corrected chi connectivity index (χ4v) is 2.14. The fraction of sp³-hybridized carbons (Fsp3) is 0.300. The monoisotopic (exact) mass is 315 g/mol. The van der Waals surface area contributed by atoms with Crippen LogP contribution in [0.3, 0.4) is 0 Å². The van der Waals surface area contributed by atoms with Gasteiger partial charge in [-0.2, -0.15) is 4.98 Å². The van der Waals surface area contributed by atoms with Gasteiger partial charge in [0.25, 0.3) is 5.56 Å². The van der Waals surface area contributed by atoms with Crippen LogP contribution in [0.2, 0.25) is 0 Å². The molecule has 0 aliphatic carbocycles. The Labute approximate surface area is 118 Å². The van der Waals surface area contributed by atoms with Crippen molar-refractivity contribution in [3.63, 3.8) is 0 Å². The number of aliphatic hydroxyl groups is 1. The Balaban J connectivity index is 2.13. The molecule has 21 heavy (non-hydrogen) atoms. The Morgan fingerprint density at radius 1 is 1.52 bits per heavy atom. The van der Waals surface area contributed by atoms with Crippen LogP contribution in [0.4, 0.5) is 5.95 Å². The van der Waals surface area contributed by atoms with Crippen molar-refractivity contribution in [2.24, 2.45) is 0 Å². The molecule has 1 atom stereocenters. The third-order valence-corrected chi connectivity index (χ3v) is 3.22. The van der Waals surface area contributed by atoms with Crippen LogP contribution in [0.15, 0.2) is 23.0 Å². The minimum absolute atomic E-state index is 0.0452. The molecule has 0 aliphatic heterocycles. The second-order valence-corrected chi connectivity index (χ2v) is 5.82. The molecule has 2 aromatic rings. The number of hydrogen-bond donors (Lipinski definition) is 5. The van der Waals surface area contributed by atoms with Gasteiger partial charge < -0.3 is 25.2 Å². The molecule has 0 aliphatic rings. The van der Waals surface area contributed by atoms with Crippen molar-refractivity contribution in [3.05, 3.63) is 28.6 Å². The number of H-pyrrole nitrogens is 1. The summed E-state index contributed by atoms with van der Waals surface area (Å²) in [4.78, 5) is 39.1. The molecule has 0 saturated carbocycles. The Hall–Kier alpha value is -2.00. The number of fused-ring (bicyclic) bond motifs is 1. The lowest BCUT2D eigenvalue weighted by Gasteiger charge is -2.07. The highest BCUT2D eigenvalue weighted by atomic mass is 31.2. The van der Waals surface area contributed by atoms with E-state index in [1.54, 1.807) is 0 Å². The number of aliphatic hydroxyl groups excluding tert-OH is 1. The molecule has 2 aromatic heterocycles. The number of nitrogens with one attached hydrogen (secondary N) is 1. The smallest absolute Gasteiger partial charge is 0.348 e. The first-order chi connectivity index (χ1) is 9.76. The molecule has 0 fully saturated rings. The zero-order valence-corrected chi connectivity index (χ0v) is 11.6. The van der Waals surface area contributed by atoms with E-state index in [2.05, 4.69) is 15.0 Å². The first kappa shape index (κ1) is 15.4. The maximum Gasteiger partial charge on any atom is 0.348 e. The standard InChI is InChI=1S/C10H14N5O5P/c11-10-13-8-7(9(17)14-10)12-5-15(8)3-1-6(16)2-4-21(18,19)20/h2,4-6,16H,1,3H2,(H2,18,19,20)(H3,11,13,14,17)/b4-2+/t6-/m1/s1. The third kappa shape index (κ3) is 3.99. The van der Waals surface area contributed by atoms with Crippen molar-refractivity contribution in [1.29, 1.82) is 0 Å². The van der Waals surface area contributed by atoms with Gasteiger partial charge in [0.15, 0.2) is 11.2 Å². The van der Waals surface area contributed by atoms with E-state index in [0.717, 1.165) is 6.08 Å². The van der Waals surface area contributed by atoms with Gasteiger partial charge in [0.05, 0.1) is 12.4 Å². The fourth-order valence-electron chi connectivity index (χ4n) is 1.71. The summed E-state index contributed by atoms with van der Waals surface area (Å²) in [6.45, 7) is 0.249. The molecule has 10 nitrogen and oxygen atoms in total. The van der Waals surface area contributed by atoms with E-state index in [-0.39, 0.29) is 30.1 Å². The summed E-state index contributed by atoms with van der Waals surface area (Å²) < 4.78 is 12.2. The van der Waals surface area contributed by atoms with Gasteiger partial charge in [-0.25, -0.2) is 4.98 Å². The van der Waals surface area contributed by atoms with Crippen LogP contribution in [0.5, 0.6) is 0 Å². The zero-order valence-electron chi connectivity index (χ0n) is 10.7. The van der Waals surface area contributed by atoms with E-state index in [0.29, 0.717) is 5.82 Å². The van der Waals surface area contributed by atoms with Gasteiger partial charge in [0, 0.05) is 12.4 Å². The highest BCUT2D eigenvalue weighted by Gasteiger charge is 2.11. The van der Waals surface area contributed by atoms with E-state index in [1.807, 2.05) is 0 Å². The molecule has 0 bridgehead atoms. The topological polar surface area (TPSA) is 167 Å². The molecule has 2 heterocycles. The summed E-state index contributed by atoms with van der Waals surface area (Å²) in [5.74, 6) is 0.598. The Bertz CT molecular complexity index is 776. The summed E-state index contributed by atoms with van der Waals surface area (Å²) in [5, 5.41) is 9.62. The second-order valence-electron chi connectivity index (χ2n) is 4.35. The lowest BCUT2D eigenvalue weighted by atomic mass is 10.2. The molecular weight excluding hydrogens is 301 g/mol. The Morgan fingerprint density at radius 2 is 2.24 bits per heavy atom. The predicted octanol–water partition coefficient (Wildman–Crippen LogP) is -0.856. The molecule has 6 N–H and O–H groups in total. The molecule has 0 aromatic carbocycles. The van der Waals surface area contributed by atoms with E-state index < -0.39 is 19.3 Å². The summed E-state index contributed by atoms with van der Waals surface area (Å²) in [7, 11) is -4.29. The van der Waals surface area contributed by atoms with Crippen LogP contribution in [0.1, 0.15) is 6.42 Å². The molecule has 11 heteroatoms. The van der Waals surface area contributed by atoms with Crippen LogP contribution in [-0.4, -0.2) is 40.5 Å². The summed E-state index contributed by atoms with van der Waals surface area (Å²) >= 11 is 0. The molecule has 0 unspecified atom stereocenters. The number of aryl methyl sites for hydroxylation is 1.